The molecular weight excluding hydrogens is 374 g/mol. The fourth-order valence-electron chi connectivity index (χ4n) is 3.37. The molecule has 1 heterocycles. The number of anilines is 2. The zero-order valence-electron chi connectivity index (χ0n) is 15.9. The molecule has 2 amide bonds. The fourth-order valence-corrected chi connectivity index (χ4v) is 3.50. The van der Waals surface area contributed by atoms with E-state index in [1.54, 1.807) is 24.3 Å². The number of rotatable bonds is 6. The van der Waals surface area contributed by atoms with Crippen molar-refractivity contribution in [2.45, 2.75) is 32.1 Å². The van der Waals surface area contributed by atoms with E-state index < -0.39 is 0 Å². The normalized spacial score (nSPS) is 14.2. The maximum atomic E-state index is 12.4. The molecule has 1 aliphatic rings. The van der Waals surface area contributed by atoms with Gasteiger partial charge in [-0.15, -0.1) is 0 Å². The summed E-state index contributed by atoms with van der Waals surface area (Å²) in [7, 11) is 0. The summed E-state index contributed by atoms with van der Waals surface area (Å²) in [6.07, 6.45) is 5.10. The van der Waals surface area contributed by atoms with Gasteiger partial charge in [-0.2, -0.15) is 0 Å². The van der Waals surface area contributed by atoms with Gasteiger partial charge in [-0.3, -0.25) is 9.59 Å². The Kier molecular flexibility index (Phi) is 7.31. The van der Waals surface area contributed by atoms with E-state index in [0.717, 1.165) is 24.5 Å². The summed E-state index contributed by atoms with van der Waals surface area (Å²) >= 11 is 5.83. The van der Waals surface area contributed by atoms with Gasteiger partial charge in [0.25, 0.3) is 5.91 Å². The SMILES string of the molecule is O=C(CCNC(=O)c1ccc(Cl)cc1)Nc1ccccc1N1CCCCCC1. The zero-order valence-corrected chi connectivity index (χ0v) is 16.7. The van der Waals surface area contributed by atoms with Crippen LogP contribution in [0, 0.1) is 0 Å². The quantitative estimate of drug-likeness (QED) is 0.752. The van der Waals surface area contributed by atoms with Crippen molar-refractivity contribution >= 4 is 34.8 Å². The summed E-state index contributed by atoms with van der Waals surface area (Å²) in [5.41, 5.74) is 2.43. The molecule has 28 heavy (non-hydrogen) atoms. The van der Waals surface area contributed by atoms with E-state index in [2.05, 4.69) is 21.6 Å². The summed E-state index contributed by atoms with van der Waals surface area (Å²) in [6.45, 7) is 2.31. The second kappa shape index (κ2) is 10.1. The van der Waals surface area contributed by atoms with E-state index in [-0.39, 0.29) is 24.8 Å². The van der Waals surface area contributed by atoms with Crippen LogP contribution in [0.1, 0.15) is 42.5 Å². The highest BCUT2D eigenvalue weighted by molar-refractivity contribution is 6.30. The average molecular weight is 400 g/mol. The number of nitrogens with one attached hydrogen (secondary N) is 2. The molecular formula is C22H26ClN3O2. The van der Waals surface area contributed by atoms with E-state index in [0.29, 0.717) is 10.6 Å². The number of halogens is 1. The summed E-state index contributed by atoms with van der Waals surface area (Å²) < 4.78 is 0. The molecule has 148 valence electrons. The van der Waals surface area contributed by atoms with Crippen molar-refractivity contribution in [3.8, 4) is 0 Å². The molecule has 0 unspecified atom stereocenters. The fraction of sp³-hybridized carbons (Fsp3) is 0.364. The van der Waals surface area contributed by atoms with Gasteiger partial charge in [0.2, 0.25) is 5.91 Å². The van der Waals surface area contributed by atoms with Crippen LogP contribution >= 0.6 is 11.6 Å². The molecule has 0 aliphatic carbocycles. The van der Waals surface area contributed by atoms with Crippen molar-refractivity contribution in [2.24, 2.45) is 0 Å². The standard InChI is InChI=1S/C22H26ClN3O2/c23-18-11-9-17(10-12-18)22(28)24-14-13-21(27)25-19-7-3-4-8-20(19)26-15-5-1-2-6-16-26/h3-4,7-12H,1-2,5-6,13-16H2,(H,24,28)(H,25,27). The van der Waals surface area contributed by atoms with Crippen LogP contribution in [-0.4, -0.2) is 31.4 Å². The number of hydrogen-bond donors (Lipinski definition) is 2. The van der Waals surface area contributed by atoms with Crippen LogP contribution in [0.4, 0.5) is 11.4 Å². The van der Waals surface area contributed by atoms with Crippen LogP contribution < -0.4 is 15.5 Å². The van der Waals surface area contributed by atoms with Crippen LogP contribution in [-0.2, 0) is 4.79 Å². The van der Waals surface area contributed by atoms with E-state index in [1.165, 1.54) is 25.7 Å². The first kappa shape index (κ1) is 20.2. The van der Waals surface area contributed by atoms with Gasteiger partial charge in [-0.25, -0.2) is 0 Å². The Morgan fingerprint density at radius 3 is 2.32 bits per heavy atom. The van der Waals surface area contributed by atoms with Gasteiger partial charge >= 0.3 is 0 Å². The predicted octanol–water partition coefficient (Wildman–Crippen LogP) is 4.48. The molecule has 1 saturated heterocycles. The maximum Gasteiger partial charge on any atom is 0.251 e. The zero-order chi connectivity index (χ0) is 19.8. The molecule has 0 aromatic heterocycles. The monoisotopic (exact) mass is 399 g/mol. The average Bonchev–Trinajstić information content (AvgIpc) is 2.98. The number of benzene rings is 2. The van der Waals surface area contributed by atoms with Crippen molar-refractivity contribution in [1.82, 2.24) is 5.32 Å². The number of para-hydroxylation sites is 2. The first-order chi connectivity index (χ1) is 13.6. The summed E-state index contributed by atoms with van der Waals surface area (Å²) in [6, 6.07) is 14.6. The van der Waals surface area contributed by atoms with Gasteiger partial charge in [0.1, 0.15) is 0 Å². The Morgan fingerprint density at radius 2 is 1.61 bits per heavy atom. The minimum atomic E-state index is -0.213. The molecule has 1 fully saturated rings. The topological polar surface area (TPSA) is 61.4 Å². The van der Waals surface area contributed by atoms with E-state index in [9.17, 15) is 9.59 Å². The highest BCUT2D eigenvalue weighted by atomic mass is 35.5. The first-order valence-electron chi connectivity index (χ1n) is 9.81. The third kappa shape index (κ3) is 5.73. The molecule has 0 radical (unpaired) electrons. The highest BCUT2D eigenvalue weighted by Gasteiger charge is 2.15. The van der Waals surface area contributed by atoms with Gasteiger partial charge in [0.05, 0.1) is 11.4 Å². The van der Waals surface area contributed by atoms with E-state index in [4.69, 9.17) is 11.6 Å². The van der Waals surface area contributed by atoms with Crippen molar-refractivity contribution in [2.75, 3.05) is 29.9 Å². The second-order valence-electron chi connectivity index (χ2n) is 6.98. The summed E-state index contributed by atoms with van der Waals surface area (Å²) in [5.74, 6) is -0.326. The lowest BCUT2D eigenvalue weighted by atomic mass is 10.2. The Labute approximate surface area is 171 Å². The lowest BCUT2D eigenvalue weighted by Gasteiger charge is -2.25. The van der Waals surface area contributed by atoms with Crippen LogP contribution in [0.2, 0.25) is 5.02 Å². The Balaban J connectivity index is 1.52. The summed E-state index contributed by atoms with van der Waals surface area (Å²) in [5, 5.41) is 6.35. The molecule has 0 bridgehead atoms. The van der Waals surface area contributed by atoms with Crippen LogP contribution in [0.5, 0.6) is 0 Å². The predicted molar refractivity (Wildman–Crippen MR) is 114 cm³/mol. The molecule has 2 aromatic carbocycles. The first-order valence-corrected chi connectivity index (χ1v) is 10.2. The Morgan fingerprint density at radius 1 is 0.929 bits per heavy atom. The smallest absolute Gasteiger partial charge is 0.251 e. The minimum absolute atomic E-state index is 0.112. The third-order valence-corrected chi connectivity index (χ3v) is 5.12. The molecule has 5 nitrogen and oxygen atoms in total. The minimum Gasteiger partial charge on any atom is -0.370 e. The number of carbonyl (C=O) groups is 2. The van der Waals surface area contributed by atoms with Crippen LogP contribution in [0.15, 0.2) is 48.5 Å². The molecule has 1 aliphatic heterocycles. The lowest BCUT2D eigenvalue weighted by Crippen LogP contribution is -2.28. The molecule has 2 aromatic rings. The molecule has 0 spiro atoms. The van der Waals surface area contributed by atoms with Gasteiger partial charge in [0, 0.05) is 36.6 Å². The number of carbonyl (C=O) groups excluding carboxylic acids is 2. The van der Waals surface area contributed by atoms with Gasteiger partial charge < -0.3 is 15.5 Å². The maximum absolute atomic E-state index is 12.4. The number of hydrogen-bond acceptors (Lipinski definition) is 3. The van der Waals surface area contributed by atoms with Gasteiger partial charge in [-0.1, -0.05) is 36.6 Å². The Hall–Kier alpha value is -2.53. The Bertz CT molecular complexity index is 800. The number of nitrogens with zero attached hydrogens (tertiary/aromatic N) is 1. The molecule has 0 atom stereocenters. The van der Waals surface area contributed by atoms with Crippen molar-refractivity contribution < 1.29 is 9.59 Å². The van der Waals surface area contributed by atoms with E-state index >= 15 is 0 Å². The van der Waals surface area contributed by atoms with Gasteiger partial charge in [-0.05, 0) is 49.2 Å². The van der Waals surface area contributed by atoms with Crippen molar-refractivity contribution in [1.29, 1.82) is 0 Å². The van der Waals surface area contributed by atoms with Crippen molar-refractivity contribution in [3.05, 3.63) is 59.1 Å². The third-order valence-electron chi connectivity index (χ3n) is 4.87. The largest absolute Gasteiger partial charge is 0.370 e. The molecule has 0 saturated carbocycles. The summed E-state index contributed by atoms with van der Waals surface area (Å²) in [4.78, 5) is 26.8. The van der Waals surface area contributed by atoms with Crippen LogP contribution in [0.25, 0.3) is 0 Å². The second-order valence-corrected chi connectivity index (χ2v) is 7.42. The lowest BCUT2D eigenvalue weighted by molar-refractivity contribution is -0.116. The molecule has 6 heteroatoms. The van der Waals surface area contributed by atoms with Crippen molar-refractivity contribution in [3.63, 3.8) is 0 Å². The van der Waals surface area contributed by atoms with E-state index in [1.807, 2.05) is 18.2 Å². The highest BCUT2D eigenvalue weighted by Crippen LogP contribution is 2.28. The molecule has 2 N–H and O–H groups in total. The van der Waals surface area contributed by atoms with Crippen LogP contribution in [0.3, 0.4) is 0 Å². The number of amides is 2. The van der Waals surface area contributed by atoms with Gasteiger partial charge in [0.15, 0.2) is 0 Å². The molecule has 3 rings (SSSR count).